The monoisotopic (exact) mass is 333 g/mol. The van der Waals surface area contributed by atoms with E-state index in [1.54, 1.807) is 12.1 Å². The molecule has 3 nitrogen and oxygen atoms in total. The maximum absolute atomic E-state index is 12.7. The van der Waals surface area contributed by atoms with E-state index >= 15 is 0 Å². The first-order valence-electron chi connectivity index (χ1n) is 9.60. The van der Waals surface area contributed by atoms with Gasteiger partial charge in [-0.05, 0) is 42.9 Å². The Kier molecular flexibility index (Phi) is 8.88. The summed E-state index contributed by atoms with van der Waals surface area (Å²) in [5, 5.41) is 9.62. The molecule has 0 saturated carbocycles. The van der Waals surface area contributed by atoms with Crippen LogP contribution in [0.3, 0.4) is 0 Å². The van der Waals surface area contributed by atoms with E-state index in [2.05, 4.69) is 20.8 Å². The van der Waals surface area contributed by atoms with Crippen molar-refractivity contribution in [2.24, 2.45) is 11.1 Å². The minimum Gasteiger partial charge on any atom is -0.508 e. The zero-order chi connectivity index (χ0) is 18.0. The van der Waals surface area contributed by atoms with Crippen LogP contribution in [0.4, 0.5) is 0 Å². The van der Waals surface area contributed by atoms with E-state index < -0.39 is 5.41 Å². The molecular formula is C21H35NO2. The second-order valence-corrected chi connectivity index (χ2v) is 7.01. The number of primary amides is 1. The number of hydrogen-bond donors (Lipinski definition) is 2. The molecule has 136 valence electrons. The van der Waals surface area contributed by atoms with Crippen LogP contribution in [-0.2, 0) is 4.79 Å². The van der Waals surface area contributed by atoms with Crippen LogP contribution in [0.15, 0.2) is 24.3 Å². The van der Waals surface area contributed by atoms with Crippen molar-refractivity contribution in [3.05, 3.63) is 29.8 Å². The molecule has 0 spiro atoms. The zero-order valence-electron chi connectivity index (χ0n) is 15.7. The summed E-state index contributed by atoms with van der Waals surface area (Å²) in [7, 11) is 0. The number of hydrogen-bond acceptors (Lipinski definition) is 2. The molecule has 1 atom stereocenters. The smallest absolute Gasteiger partial charge is 0.224 e. The van der Waals surface area contributed by atoms with Crippen molar-refractivity contribution in [1.29, 1.82) is 0 Å². The number of aromatic hydroxyl groups is 1. The summed E-state index contributed by atoms with van der Waals surface area (Å²) in [6.45, 7) is 6.50. The van der Waals surface area contributed by atoms with Gasteiger partial charge in [-0.1, -0.05) is 71.4 Å². The van der Waals surface area contributed by atoms with Crippen molar-refractivity contribution < 1.29 is 9.90 Å². The number of carbonyl (C=O) groups excluding carboxylic acids is 1. The van der Waals surface area contributed by atoms with Gasteiger partial charge in [0.25, 0.3) is 0 Å². The summed E-state index contributed by atoms with van der Waals surface area (Å²) in [4.78, 5) is 12.7. The average molecular weight is 334 g/mol. The fourth-order valence-electron chi connectivity index (χ4n) is 3.75. The first kappa shape index (κ1) is 20.5. The number of carbonyl (C=O) groups is 1. The summed E-state index contributed by atoms with van der Waals surface area (Å²) < 4.78 is 0. The summed E-state index contributed by atoms with van der Waals surface area (Å²) >= 11 is 0. The highest BCUT2D eigenvalue weighted by atomic mass is 16.3. The van der Waals surface area contributed by atoms with Gasteiger partial charge in [0.2, 0.25) is 5.91 Å². The lowest BCUT2D eigenvalue weighted by Gasteiger charge is -2.39. The van der Waals surface area contributed by atoms with Gasteiger partial charge < -0.3 is 10.8 Å². The predicted molar refractivity (Wildman–Crippen MR) is 101 cm³/mol. The van der Waals surface area contributed by atoms with Gasteiger partial charge in [0, 0.05) is 0 Å². The third kappa shape index (κ3) is 5.25. The Morgan fingerprint density at radius 3 is 1.92 bits per heavy atom. The Labute approximate surface area is 147 Å². The lowest BCUT2D eigenvalue weighted by molar-refractivity contribution is -0.130. The number of phenolic OH excluding ortho intramolecular Hbond substituents is 1. The Hall–Kier alpha value is -1.51. The normalized spacial score (nSPS) is 13.0. The highest BCUT2D eigenvalue weighted by molar-refractivity contribution is 5.82. The molecule has 1 rings (SSSR count). The van der Waals surface area contributed by atoms with Crippen molar-refractivity contribution in [1.82, 2.24) is 0 Å². The summed E-state index contributed by atoms with van der Waals surface area (Å²) in [6, 6.07) is 7.37. The zero-order valence-corrected chi connectivity index (χ0v) is 15.7. The fraction of sp³-hybridized carbons (Fsp3) is 0.667. The van der Waals surface area contributed by atoms with Crippen molar-refractivity contribution in [3.8, 4) is 5.75 Å². The average Bonchev–Trinajstić information content (AvgIpc) is 2.58. The minimum atomic E-state index is -0.474. The quantitative estimate of drug-likeness (QED) is 0.529. The van der Waals surface area contributed by atoms with E-state index in [4.69, 9.17) is 5.73 Å². The molecule has 3 N–H and O–H groups in total. The SMILES string of the molecule is CCCCC(c1ccc(O)cc1)C(CCCC)(CCCC)C(N)=O. The number of rotatable bonds is 12. The van der Waals surface area contributed by atoms with Gasteiger partial charge in [0.1, 0.15) is 5.75 Å². The van der Waals surface area contributed by atoms with Gasteiger partial charge >= 0.3 is 0 Å². The molecule has 1 unspecified atom stereocenters. The third-order valence-electron chi connectivity index (χ3n) is 5.25. The first-order chi connectivity index (χ1) is 11.5. The Morgan fingerprint density at radius 1 is 1.00 bits per heavy atom. The maximum Gasteiger partial charge on any atom is 0.224 e. The van der Waals surface area contributed by atoms with Crippen LogP contribution in [0, 0.1) is 5.41 Å². The number of unbranched alkanes of at least 4 members (excludes halogenated alkanes) is 3. The van der Waals surface area contributed by atoms with Crippen LogP contribution in [-0.4, -0.2) is 11.0 Å². The minimum absolute atomic E-state index is 0.133. The molecule has 0 aliphatic rings. The van der Waals surface area contributed by atoms with E-state index in [-0.39, 0.29) is 17.6 Å². The summed E-state index contributed by atoms with van der Waals surface area (Å²) in [6.07, 6.45) is 9.04. The highest BCUT2D eigenvalue weighted by Gasteiger charge is 2.43. The standard InChI is InChI=1S/C21H35NO2/c1-4-7-10-19(17-11-13-18(23)14-12-17)21(20(22)24,15-8-5-2)16-9-6-3/h11-14,19,23H,4-10,15-16H2,1-3H3,(H2,22,24). The second kappa shape index (κ2) is 10.4. The van der Waals surface area contributed by atoms with Crippen molar-refractivity contribution in [2.45, 2.75) is 84.5 Å². The molecule has 3 heteroatoms. The molecule has 0 heterocycles. The third-order valence-corrected chi connectivity index (χ3v) is 5.25. The van der Waals surface area contributed by atoms with Gasteiger partial charge in [-0.25, -0.2) is 0 Å². The van der Waals surface area contributed by atoms with Crippen LogP contribution < -0.4 is 5.73 Å². The molecule has 0 aromatic heterocycles. The van der Waals surface area contributed by atoms with Crippen molar-refractivity contribution >= 4 is 5.91 Å². The van der Waals surface area contributed by atoms with Crippen molar-refractivity contribution in [2.75, 3.05) is 0 Å². The van der Waals surface area contributed by atoms with E-state index in [1.807, 2.05) is 12.1 Å². The molecule has 1 amide bonds. The Morgan fingerprint density at radius 2 is 1.50 bits per heavy atom. The van der Waals surface area contributed by atoms with Gasteiger partial charge in [-0.15, -0.1) is 0 Å². The van der Waals surface area contributed by atoms with Crippen LogP contribution in [0.2, 0.25) is 0 Å². The maximum atomic E-state index is 12.7. The lowest BCUT2D eigenvalue weighted by atomic mass is 9.64. The largest absolute Gasteiger partial charge is 0.508 e. The lowest BCUT2D eigenvalue weighted by Crippen LogP contribution is -2.42. The Bertz CT molecular complexity index is 473. The van der Waals surface area contributed by atoms with E-state index in [9.17, 15) is 9.90 Å². The topological polar surface area (TPSA) is 63.3 Å². The molecule has 0 aliphatic heterocycles. The number of benzene rings is 1. The molecule has 0 saturated heterocycles. The van der Waals surface area contributed by atoms with Crippen LogP contribution in [0.1, 0.15) is 90.0 Å². The molecule has 24 heavy (non-hydrogen) atoms. The number of amides is 1. The van der Waals surface area contributed by atoms with Gasteiger partial charge in [-0.2, -0.15) is 0 Å². The first-order valence-corrected chi connectivity index (χ1v) is 9.60. The van der Waals surface area contributed by atoms with E-state index in [0.29, 0.717) is 0 Å². The fourth-order valence-corrected chi connectivity index (χ4v) is 3.75. The Balaban J connectivity index is 3.29. The molecule has 0 fully saturated rings. The molecule has 0 bridgehead atoms. The second-order valence-electron chi connectivity index (χ2n) is 7.01. The van der Waals surface area contributed by atoms with E-state index in [1.165, 1.54) is 0 Å². The van der Waals surface area contributed by atoms with Crippen LogP contribution in [0.5, 0.6) is 5.75 Å². The molecule has 0 aliphatic carbocycles. The van der Waals surface area contributed by atoms with E-state index in [0.717, 1.165) is 63.4 Å². The van der Waals surface area contributed by atoms with Crippen LogP contribution in [0.25, 0.3) is 0 Å². The molecule has 1 aromatic rings. The summed E-state index contributed by atoms with van der Waals surface area (Å²) in [5.41, 5.74) is 6.66. The number of phenols is 1. The predicted octanol–water partition coefficient (Wildman–Crippen LogP) is 5.52. The molecular weight excluding hydrogens is 298 g/mol. The van der Waals surface area contributed by atoms with Crippen LogP contribution >= 0.6 is 0 Å². The number of nitrogens with two attached hydrogens (primary N) is 1. The molecule has 0 radical (unpaired) electrons. The van der Waals surface area contributed by atoms with Gasteiger partial charge in [0.05, 0.1) is 5.41 Å². The van der Waals surface area contributed by atoms with Gasteiger partial charge in [0.15, 0.2) is 0 Å². The molecule has 1 aromatic carbocycles. The van der Waals surface area contributed by atoms with Gasteiger partial charge in [-0.3, -0.25) is 4.79 Å². The highest BCUT2D eigenvalue weighted by Crippen LogP contribution is 2.47. The van der Waals surface area contributed by atoms with Crippen molar-refractivity contribution in [3.63, 3.8) is 0 Å². The summed E-state index contributed by atoms with van der Waals surface area (Å²) in [5.74, 6) is 0.243.